The molecule has 2 aromatic heterocycles. The maximum atomic E-state index is 13.4. The summed E-state index contributed by atoms with van der Waals surface area (Å²) in [6.45, 7) is 5.29. The number of piperidine rings is 3. The van der Waals surface area contributed by atoms with Crippen molar-refractivity contribution in [1.82, 2.24) is 29.1 Å². The molecule has 5 heterocycles. The smallest absolute Gasteiger partial charge is 0.264 e. The number of hydrogen-bond acceptors (Lipinski definition) is 7. The Morgan fingerprint density at radius 1 is 0.867 bits per heavy atom. The molecule has 2 aromatic carbocycles. The molecule has 1 N–H and O–H groups in total. The topological polar surface area (TPSA) is 99.7 Å². The van der Waals surface area contributed by atoms with E-state index in [2.05, 4.69) is 39.1 Å². The molecule has 7 rings (SSSR count). The average molecular weight is 614 g/mol. The van der Waals surface area contributed by atoms with Crippen molar-refractivity contribution in [3.05, 3.63) is 82.8 Å². The molecule has 3 saturated heterocycles. The summed E-state index contributed by atoms with van der Waals surface area (Å²) in [5.74, 6) is -0.595. The van der Waals surface area contributed by atoms with E-state index in [4.69, 9.17) is 0 Å². The Balaban J connectivity index is 1.00. The summed E-state index contributed by atoms with van der Waals surface area (Å²) in [5.41, 5.74) is 1.99. The molecule has 0 unspecified atom stereocenters. The molecule has 0 bridgehead atoms. The van der Waals surface area contributed by atoms with Gasteiger partial charge < -0.3 is 19.8 Å². The van der Waals surface area contributed by atoms with E-state index in [1.54, 1.807) is 9.58 Å². The van der Waals surface area contributed by atoms with Gasteiger partial charge in [0.2, 0.25) is 0 Å². The zero-order chi connectivity index (χ0) is 31.2. The first-order valence-electron chi connectivity index (χ1n) is 16.0. The highest BCUT2D eigenvalue weighted by atomic mass is 19.1. The van der Waals surface area contributed by atoms with Crippen LogP contribution in [0.4, 0.5) is 10.1 Å². The Labute approximate surface area is 261 Å². The van der Waals surface area contributed by atoms with Gasteiger partial charge in [-0.3, -0.25) is 14.2 Å². The summed E-state index contributed by atoms with van der Waals surface area (Å²) in [7, 11) is 2.22. The van der Waals surface area contributed by atoms with Crippen molar-refractivity contribution in [2.75, 3.05) is 51.2 Å². The molecule has 45 heavy (non-hydrogen) atoms. The quantitative estimate of drug-likeness (QED) is 0.367. The van der Waals surface area contributed by atoms with Crippen molar-refractivity contribution < 1.29 is 14.3 Å². The molecular formula is C34H40FN7O3. The highest BCUT2D eigenvalue weighted by Crippen LogP contribution is 2.42. The van der Waals surface area contributed by atoms with Gasteiger partial charge in [0, 0.05) is 37.4 Å². The highest BCUT2D eigenvalue weighted by molar-refractivity contribution is 5.94. The lowest BCUT2D eigenvalue weighted by Gasteiger charge is -2.46. The number of aliphatic hydroxyl groups is 1. The number of hydrogen-bond donors (Lipinski definition) is 1. The summed E-state index contributed by atoms with van der Waals surface area (Å²) < 4.78 is 16.4. The number of carbonyl (C=O) groups is 1. The van der Waals surface area contributed by atoms with Gasteiger partial charge in [-0.1, -0.05) is 0 Å². The Morgan fingerprint density at radius 2 is 1.49 bits per heavy atom. The number of carbonyl (C=O) groups excluding carboxylic acids is 1. The zero-order valence-corrected chi connectivity index (χ0v) is 25.7. The second-order valence-electron chi connectivity index (χ2n) is 13.3. The van der Waals surface area contributed by atoms with E-state index in [0.29, 0.717) is 47.9 Å². The van der Waals surface area contributed by atoms with Gasteiger partial charge in [-0.15, -0.1) is 0 Å². The van der Waals surface area contributed by atoms with Crippen LogP contribution in [0.3, 0.4) is 0 Å². The Hall–Kier alpha value is -4.09. The third kappa shape index (κ3) is 5.86. The molecule has 1 spiro atoms. The number of fused-ring (bicyclic) bond motifs is 1. The van der Waals surface area contributed by atoms with Crippen LogP contribution in [-0.4, -0.2) is 92.1 Å². The number of anilines is 1. The average Bonchev–Trinajstić information content (AvgIpc) is 3.50. The molecule has 4 aromatic rings. The van der Waals surface area contributed by atoms with E-state index in [-0.39, 0.29) is 18.0 Å². The van der Waals surface area contributed by atoms with Crippen LogP contribution in [0.2, 0.25) is 0 Å². The molecule has 11 heteroatoms. The fourth-order valence-corrected chi connectivity index (χ4v) is 7.26. The first-order valence-corrected chi connectivity index (χ1v) is 16.0. The number of aromatic nitrogens is 4. The predicted octanol–water partition coefficient (Wildman–Crippen LogP) is 3.70. The fraction of sp³-hybridized carbons (Fsp3) is 0.471. The lowest BCUT2D eigenvalue weighted by atomic mass is 9.71. The summed E-state index contributed by atoms with van der Waals surface area (Å²) in [6, 6.07) is 13.8. The molecule has 1 amide bonds. The Bertz CT molecular complexity index is 1720. The van der Waals surface area contributed by atoms with Crippen molar-refractivity contribution in [3.8, 4) is 5.69 Å². The van der Waals surface area contributed by atoms with Crippen LogP contribution in [0.15, 0.2) is 65.8 Å². The van der Waals surface area contributed by atoms with Crippen molar-refractivity contribution in [3.63, 3.8) is 0 Å². The number of halogens is 1. The monoisotopic (exact) mass is 613 g/mol. The van der Waals surface area contributed by atoms with Gasteiger partial charge in [0.1, 0.15) is 17.5 Å². The van der Waals surface area contributed by atoms with Crippen LogP contribution in [0.1, 0.15) is 48.9 Å². The lowest BCUT2D eigenvalue weighted by Crippen LogP contribution is -2.49. The summed E-state index contributed by atoms with van der Waals surface area (Å²) in [5, 5.41) is 16.2. The summed E-state index contributed by atoms with van der Waals surface area (Å²) in [6.07, 6.45) is 8.71. The molecule has 3 aliphatic heterocycles. The van der Waals surface area contributed by atoms with Crippen LogP contribution >= 0.6 is 0 Å². The summed E-state index contributed by atoms with van der Waals surface area (Å²) >= 11 is 0. The van der Waals surface area contributed by atoms with Crippen molar-refractivity contribution >= 4 is 22.6 Å². The third-order valence-corrected chi connectivity index (χ3v) is 10.4. The number of benzene rings is 2. The van der Waals surface area contributed by atoms with Crippen LogP contribution in [0.25, 0.3) is 16.7 Å². The summed E-state index contributed by atoms with van der Waals surface area (Å²) in [4.78, 5) is 37.4. The maximum Gasteiger partial charge on any atom is 0.264 e. The molecule has 0 radical (unpaired) electrons. The van der Waals surface area contributed by atoms with Crippen molar-refractivity contribution in [2.45, 2.75) is 50.7 Å². The molecule has 0 saturated carbocycles. The maximum absolute atomic E-state index is 13.4. The van der Waals surface area contributed by atoms with Gasteiger partial charge in [0.15, 0.2) is 5.65 Å². The molecule has 0 atom stereocenters. The van der Waals surface area contributed by atoms with E-state index in [1.807, 2.05) is 12.1 Å². The number of rotatable bonds is 5. The largest absolute Gasteiger partial charge is 0.388 e. The first-order chi connectivity index (χ1) is 21.7. The van der Waals surface area contributed by atoms with Gasteiger partial charge in [0.05, 0.1) is 24.0 Å². The van der Waals surface area contributed by atoms with Crippen molar-refractivity contribution in [2.24, 2.45) is 5.41 Å². The molecule has 236 valence electrons. The van der Waals surface area contributed by atoms with Crippen LogP contribution in [0.5, 0.6) is 0 Å². The molecule has 10 nitrogen and oxygen atoms in total. The normalized spacial score (nSPS) is 20.2. The fourth-order valence-electron chi connectivity index (χ4n) is 7.26. The molecule has 3 aliphatic rings. The van der Waals surface area contributed by atoms with Gasteiger partial charge >= 0.3 is 0 Å². The minimum Gasteiger partial charge on any atom is -0.388 e. The SMILES string of the molecule is CN1CCC2(CC1)CCN(c1ccc(-n3ncc4c(=O)n(CC5(O)CCN(C(=O)c6ccc(F)cc6)CC5)cnc43)cc1)CC2. The van der Waals surface area contributed by atoms with E-state index < -0.39 is 11.4 Å². The highest BCUT2D eigenvalue weighted by Gasteiger charge is 2.37. The van der Waals surface area contributed by atoms with Gasteiger partial charge in [-0.25, -0.2) is 14.1 Å². The van der Waals surface area contributed by atoms with Crippen LogP contribution in [0, 0.1) is 11.2 Å². The number of amides is 1. The van der Waals surface area contributed by atoms with Gasteiger partial charge in [0.25, 0.3) is 11.5 Å². The molecule has 3 fully saturated rings. The Morgan fingerprint density at radius 3 is 2.16 bits per heavy atom. The zero-order valence-electron chi connectivity index (χ0n) is 25.7. The standard InChI is InChI=1S/C34H40FN7O3/c1-38-16-10-33(11-17-38)12-18-39(19-13-33)27-6-8-28(9-7-27)42-30-29(22-37-42)32(44)41(24-36-30)23-34(45)14-20-40(21-15-34)31(43)25-2-4-26(35)5-3-25/h2-9,22,24,45H,10-21,23H2,1H3. The van der Waals surface area contributed by atoms with Crippen molar-refractivity contribution in [1.29, 1.82) is 0 Å². The third-order valence-electron chi connectivity index (χ3n) is 10.4. The van der Waals surface area contributed by atoms with Crippen LogP contribution < -0.4 is 10.5 Å². The van der Waals surface area contributed by atoms with Gasteiger partial charge in [-0.2, -0.15) is 5.10 Å². The molecule has 0 aliphatic carbocycles. The second kappa shape index (κ2) is 11.7. The number of likely N-dealkylation sites (tertiary alicyclic amines) is 2. The predicted molar refractivity (Wildman–Crippen MR) is 170 cm³/mol. The van der Waals surface area contributed by atoms with E-state index >= 15 is 0 Å². The first kappa shape index (κ1) is 29.6. The molecular weight excluding hydrogens is 573 g/mol. The number of nitrogens with zero attached hydrogens (tertiary/aromatic N) is 7. The van der Waals surface area contributed by atoms with E-state index in [9.17, 15) is 19.1 Å². The van der Waals surface area contributed by atoms with Gasteiger partial charge in [-0.05, 0) is 113 Å². The van der Waals surface area contributed by atoms with E-state index in [0.717, 1.165) is 18.8 Å². The Kier molecular flexibility index (Phi) is 7.69. The van der Waals surface area contributed by atoms with Crippen LogP contribution in [-0.2, 0) is 6.54 Å². The van der Waals surface area contributed by atoms with E-state index in [1.165, 1.54) is 85.8 Å². The minimum atomic E-state index is -1.16. The minimum absolute atomic E-state index is 0.0705. The second-order valence-corrected chi connectivity index (χ2v) is 13.3. The lowest BCUT2D eigenvalue weighted by molar-refractivity contribution is -0.0299.